The van der Waals surface area contributed by atoms with E-state index in [9.17, 15) is 33.4 Å². The lowest BCUT2D eigenvalue weighted by molar-refractivity contribution is -0.156. The van der Waals surface area contributed by atoms with Crippen LogP contribution in [0.1, 0.15) is 36.8 Å². The van der Waals surface area contributed by atoms with Gasteiger partial charge in [0.15, 0.2) is 16.4 Å². The second kappa shape index (κ2) is 4.86. The number of benzene rings is 1. The van der Waals surface area contributed by atoms with Crippen molar-refractivity contribution in [2.45, 2.75) is 54.1 Å². The zero-order valence-corrected chi connectivity index (χ0v) is 14.3. The molecule has 1 saturated heterocycles. The monoisotopic (exact) mass is 371 g/mol. The molecule has 1 aliphatic heterocycles. The number of aliphatic hydroxyl groups is 2. The first-order chi connectivity index (χ1) is 11.5. The van der Waals surface area contributed by atoms with Crippen LogP contribution in [0.25, 0.3) is 0 Å². The summed E-state index contributed by atoms with van der Waals surface area (Å²) in [5, 5.41) is 45.8. The molecule has 2 unspecified atom stereocenters. The first kappa shape index (κ1) is 17.0. The number of hydrogen-bond donors (Lipinski definition) is 6. The van der Waals surface area contributed by atoms with Gasteiger partial charge >= 0.3 is 0 Å². The Labute approximate surface area is 144 Å². The SMILES string of the molecule is O=S(=O)(O)C1(O)CC[C@]2(O)C3Cc4ccc(O)c(O)c4[C@]2(CCN3)C1. The Balaban J connectivity index is 2.00. The molecular weight excluding hydrogens is 350 g/mol. The number of fused-ring (bicyclic) bond motifs is 1. The highest BCUT2D eigenvalue weighted by atomic mass is 32.2. The zero-order chi connectivity index (χ0) is 18.3. The molecule has 2 aliphatic carbocycles. The fourth-order valence-electron chi connectivity index (χ4n) is 5.22. The molecule has 1 aromatic rings. The quantitative estimate of drug-likeness (QED) is 0.292. The number of piperidine rings is 1. The van der Waals surface area contributed by atoms with E-state index >= 15 is 0 Å². The highest BCUT2D eigenvalue weighted by molar-refractivity contribution is 7.87. The van der Waals surface area contributed by atoms with Gasteiger partial charge < -0.3 is 25.7 Å². The highest BCUT2D eigenvalue weighted by Gasteiger charge is 2.68. The summed E-state index contributed by atoms with van der Waals surface area (Å²) in [6, 6.07) is 2.61. The minimum absolute atomic E-state index is 0.0600. The number of rotatable bonds is 1. The van der Waals surface area contributed by atoms with Crippen LogP contribution in [0.3, 0.4) is 0 Å². The molecule has 138 valence electrons. The maximum atomic E-state index is 11.8. The first-order valence-electron chi connectivity index (χ1n) is 8.24. The Bertz CT molecular complexity index is 856. The minimum Gasteiger partial charge on any atom is -0.504 e. The van der Waals surface area contributed by atoms with Crippen molar-refractivity contribution in [2.75, 3.05) is 6.54 Å². The molecule has 9 heteroatoms. The smallest absolute Gasteiger partial charge is 0.294 e. The van der Waals surface area contributed by atoms with Crippen LogP contribution in [0.5, 0.6) is 11.5 Å². The van der Waals surface area contributed by atoms with Gasteiger partial charge in [-0.1, -0.05) is 6.07 Å². The van der Waals surface area contributed by atoms with E-state index in [1.54, 1.807) is 6.07 Å². The lowest BCUT2D eigenvalue weighted by Gasteiger charge is -2.62. The van der Waals surface area contributed by atoms with E-state index in [1.807, 2.05) is 0 Å². The summed E-state index contributed by atoms with van der Waals surface area (Å²) in [5.41, 5.74) is -1.74. The Morgan fingerprint density at radius 1 is 1.12 bits per heavy atom. The molecule has 0 amide bonds. The maximum absolute atomic E-state index is 11.8. The molecule has 0 radical (unpaired) electrons. The van der Waals surface area contributed by atoms with Crippen molar-refractivity contribution in [2.24, 2.45) is 0 Å². The van der Waals surface area contributed by atoms with E-state index in [1.165, 1.54) is 6.07 Å². The van der Waals surface area contributed by atoms with Crippen molar-refractivity contribution in [3.63, 3.8) is 0 Å². The molecule has 0 spiro atoms. The Morgan fingerprint density at radius 2 is 1.84 bits per heavy atom. The van der Waals surface area contributed by atoms with E-state index in [-0.39, 0.29) is 36.6 Å². The van der Waals surface area contributed by atoms with Gasteiger partial charge in [0, 0.05) is 23.4 Å². The van der Waals surface area contributed by atoms with Gasteiger partial charge in [0.05, 0.1) is 5.60 Å². The van der Waals surface area contributed by atoms with E-state index in [2.05, 4.69) is 5.32 Å². The Hall–Kier alpha value is -1.39. The molecule has 2 bridgehead atoms. The van der Waals surface area contributed by atoms with Gasteiger partial charge in [-0.15, -0.1) is 0 Å². The van der Waals surface area contributed by atoms with Crippen molar-refractivity contribution in [3.8, 4) is 11.5 Å². The number of nitrogens with one attached hydrogen (secondary N) is 1. The molecule has 4 atom stereocenters. The van der Waals surface area contributed by atoms with Gasteiger partial charge in [-0.2, -0.15) is 8.42 Å². The second-order valence-electron chi connectivity index (χ2n) is 7.53. The fraction of sp³-hybridized carbons (Fsp3) is 0.625. The van der Waals surface area contributed by atoms with Crippen LogP contribution in [0.4, 0.5) is 0 Å². The van der Waals surface area contributed by atoms with E-state index in [4.69, 9.17) is 0 Å². The molecule has 8 nitrogen and oxygen atoms in total. The molecule has 1 aromatic carbocycles. The summed E-state index contributed by atoms with van der Waals surface area (Å²) in [5.74, 6) is -0.774. The van der Waals surface area contributed by atoms with Crippen LogP contribution in [0.15, 0.2) is 12.1 Å². The third-order valence-electron chi connectivity index (χ3n) is 6.45. The second-order valence-corrected chi connectivity index (χ2v) is 9.24. The fourth-order valence-corrected chi connectivity index (χ4v) is 6.01. The summed E-state index contributed by atoms with van der Waals surface area (Å²) < 4.78 is 33.2. The highest BCUT2D eigenvalue weighted by Crippen LogP contribution is 2.61. The maximum Gasteiger partial charge on any atom is 0.294 e. The van der Waals surface area contributed by atoms with Gasteiger partial charge in [0.25, 0.3) is 10.1 Å². The third-order valence-corrected chi connectivity index (χ3v) is 7.76. The van der Waals surface area contributed by atoms with Crippen molar-refractivity contribution >= 4 is 10.1 Å². The van der Waals surface area contributed by atoms with Gasteiger partial charge in [-0.3, -0.25) is 4.55 Å². The summed E-state index contributed by atoms with van der Waals surface area (Å²) in [4.78, 5) is -2.41. The molecule has 3 aliphatic rings. The molecule has 1 heterocycles. The van der Waals surface area contributed by atoms with E-state index < -0.39 is 38.2 Å². The number of phenols is 2. The van der Waals surface area contributed by atoms with Crippen LogP contribution in [0.2, 0.25) is 0 Å². The van der Waals surface area contributed by atoms with Crippen molar-refractivity contribution in [3.05, 3.63) is 23.3 Å². The molecule has 0 aromatic heterocycles. The first-order valence-corrected chi connectivity index (χ1v) is 9.68. The summed E-state index contributed by atoms with van der Waals surface area (Å²) in [7, 11) is -4.79. The van der Waals surface area contributed by atoms with Crippen molar-refractivity contribution in [1.29, 1.82) is 0 Å². The standard InChI is InChI=1S/C16H21NO7S/c18-10-2-1-9-7-11-16(21)4-3-15(20,25(22,23)24)8-14(16,5-6-17-11)12(9)13(10)19/h1-2,11,17-21H,3-8H2,(H,22,23,24)/t11?,14-,15?,16-/m0/s1. The Morgan fingerprint density at radius 3 is 2.52 bits per heavy atom. The van der Waals surface area contributed by atoms with E-state index in [0.29, 0.717) is 18.5 Å². The molecule has 1 saturated carbocycles. The van der Waals surface area contributed by atoms with E-state index in [0.717, 1.165) is 0 Å². The molecular formula is C16H21NO7S. The zero-order valence-electron chi connectivity index (χ0n) is 13.4. The van der Waals surface area contributed by atoms with Gasteiger partial charge in [-0.25, -0.2) is 0 Å². The van der Waals surface area contributed by atoms with Gasteiger partial charge in [0.1, 0.15) is 0 Å². The normalized spacial score (nSPS) is 40.2. The van der Waals surface area contributed by atoms with Gasteiger partial charge in [-0.05, 0) is 43.9 Å². The number of hydrogen-bond acceptors (Lipinski definition) is 7. The van der Waals surface area contributed by atoms with Crippen LogP contribution < -0.4 is 5.32 Å². The van der Waals surface area contributed by atoms with Crippen LogP contribution in [-0.4, -0.2) is 56.5 Å². The molecule has 4 rings (SSSR count). The van der Waals surface area contributed by atoms with Gasteiger partial charge in [0.2, 0.25) is 0 Å². The van der Waals surface area contributed by atoms with Crippen LogP contribution in [-0.2, 0) is 22.0 Å². The third kappa shape index (κ3) is 1.98. The van der Waals surface area contributed by atoms with Crippen molar-refractivity contribution < 1.29 is 33.4 Å². The largest absolute Gasteiger partial charge is 0.504 e. The lowest BCUT2D eigenvalue weighted by Crippen LogP contribution is -2.74. The summed E-state index contributed by atoms with van der Waals surface area (Å²) >= 11 is 0. The molecule has 25 heavy (non-hydrogen) atoms. The average Bonchev–Trinajstić information content (AvgIpc) is 2.50. The number of aromatic hydroxyl groups is 2. The molecule has 2 fully saturated rings. The predicted molar refractivity (Wildman–Crippen MR) is 86.9 cm³/mol. The van der Waals surface area contributed by atoms with Crippen LogP contribution >= 0.6 is 0 Å². The number of phenolic OH excluding ortho intramolecular Hbond substituents is 2. The minimum atomic E-state index is -4.79. The van der Waals surface area contributed by atoms with Crippen molar-refractivity contribution in [1.82, 2.24) is 5.32 Å². The lowest BCUT2D eigenvalue weighted by atomic mass is 9.49. The molecule has 6 N–H and O–H groups in total. The predicted octanol–water partition coefficient (Wildman–Crippen LogP) is -0.255. The average molecular weight is 371 g/mol. The van der Waals surface area contributed by atoms with Crippen LogP contribution in [0, 0.1) is 0 Å². The summed E-state index contributed by atoms with van der Waals surface area (Å²) in [6.45, 7) is 0.447. The topological polar surface area (TPSA) is 147 Å². The Kier molecular flexibility index (Phi) is 3.31. The summed E-state index contributed by atoms with van der Waals surface area (Å²) in [6.07, 6.45) is -0.155.